The quantitative estimate of drug-likeness (QED) is 0.801. The van der Waals surface area contributed by atoms with E-state index in [1.165, 1.54) is 0 Å². The number of benzene rings is 1. The molecule has 1 saturated carbocycles. The highest BCUT2D eigenvalue weighted by Crippen LogP contribution is 2.19. The van der Waals surface area contributed by atoms with E-state index in [1.807, 2.05) is 0 Å². The number of nitrogens with zero attached hydrogens (tertiary/aromatic N) is 2. The van der Waals surface area contributed by atoms with Gasteiger partial charge < -0.3 is 10.1 Å². The first-order valence-corrected chi connectivity index (χ1v) is 10.6. The molecule has 0 bridgehead atoms. The second kappa shape index (κ2) is 8.35. The molecule has 1 fully saturated rings. The smallest absolute Gasteiger partial charge is 0.338 e. The van der Waals surface area contributed by atoms with E-state index in [9.17, 15) is 14.4 Å². The number of amides is 1. The second-order valence-corrected chi connectivity index (χ2v) is 8.06. The van der Waals surface area contributed by atoms with E-state index in [-0.39, 0.29) is 17.5 Å². The van der Waals surface area contributed by atoms with Gasteiger partial charge in [0.05, 0.1) is 16.5 Å². The van der Waals surface area contributed by atoms with Gasteiger partial charge in [-0.05, 0) is 50.8 Å². The first kappa shape index (κ1) is 19.6. The summed E-state index contributed by atoms with van der Waals surface area (Å²) in [5, 5.41) is 3.44. The maximum absolute atomic E-state index is 12.8. The number of hydrogen-bond acceptors (Lipinski definition) is 5. The first-order chi connectivity index (χ1) is 14.0. The van der Waals surface area contributed by atoms with Crippen molar-refractivity contribution in [1.29, 1.82) is 0 Å². The third-order valence-electron chi connectivity index (χ3n) is 5.91. The highest BCUT2D eigenvalue weighted by Gasteiger charge is 2.24. The predicted molar refractivity (Wildman–Crippen MR) is 109 cm³/mol. The van der Waals surface area contributed by atoms with E-state index in [0.717, 1.165) is 57.2 Å². The van der Waals surface area contributed by atoms with Crippen molar-refractivity contribution >= 4 is 22.8 Å². The molecular weight excluding hydrogens is 370 g/mol. The van der Waals surface area contributed by atoms with Crippen molar-refractivity contribution in [2.24, 2.45) is 0 Å². The molecule has 1 amide bonds. The Kier molecular flexibility index (Phi) is 5.65. The number of esters is 1. The molecule has 1 aromatic carbocycles. The Labute approximate surface area is 169 Å². The van der Waals surface area contributed by atoms with Crippen molar-refractivity contribution in [1.82, 2.24) is 14.9 Å². The number of aryl methyl sites for hydroxylation is 1. The molecule has 1 aliphatic carbocycles. The minimum absolute atomic E-state index is 0.0591. The average molecular weight is 397 g/mol. The number of carbonyl (C=O) groups excluding carboxylic acids is 2. The molecule has 1 unspecified atom stereocenters. The summed E-state index contributed by atoms with van der Waals surface area (Å²) >= 11 is 0. The third-order valence-corrected chi connectivity index (χ3v) is 5.91. The molecule has 1 N–H and O–H groups in total. The van der Waals surface area contributed by atoms with Gasteiger partial charge in [0.25, 0.3) is 11.5 Å². The molecule has 1 aliphatic heterocycles. The molecule has 154 valence electrons. The molecule has 0 saturated heterocycles. The van der Waals surface area contributed by atoms with Crippen molar-refractivity contribution in [3.05, 3.63) is 39.9 Å². The van der Waals surface area contributed by atoms with Crippen LogP contribution in [0, 0.1) is 0 Å². The van der Waals surface area contributed by atoms with E-state index >= 15 is 0 Å². The Morgan fingerprint density at radius 2 is 1.97 bits per heavy atom. The monoisotopic (exact) mass is 397 g/mol. The molecule has 29 heavy (non-hydrogen) atoms. The van der Waals surface area contributed by atoms with Crippen molar-refractivity contribution in [2.45, 2.75) is 77.0 Å². The van der Waals surface area contributed by atoms with Crippen LogP contribution in [0.3, 0.4) is 0 Å². The topological polar surface area (TPSA) is 90.3 Å². The Morgan fingerprint density at radius 1 is 1.17 bits per heavy atom. The van der Waals surface area contributed by atoms with Crippen molar-refractivity contribution < 1.29 is 14.3 Å². The highest BCUT2D eigenvalue weighted by atomic mass is 16.5. The largest absolute Gasteiger partial charge is 0.449 e. The summed E-state index contributed by atoms with van der Waals surface area (Å²) < 4.78 is 7.11. The van der Waals surface area contributed by atoms with Crippen molar-refractivity contribution in [3.63, 3.8) is 0 Å². The van der Waals surface area contributed by atoms with Crippen LogP contribution in [0.5, 0.6) is 0 Å². The van der Waals surface area contributed by atoms with Crippen LogP contribution < -0.4 is 10.9 Å². The number of carbonyl (C=O) groups is 2. The standard InChI is InChI=1S/C22H27N3O4/c1-14(20(26)23-16-7-4-5-8-16)29-22(28)15-10-11-17-18(13-15)24-19-9-3-2-6-12-25(19)21(17)27/h10-11,13-14,16H,2-9,12H2,1H3,(H,23,26). The van der Waals surface area contributed by atoms with Gasteiger partial charge in [0, 0.05) is 19.0 Å². The molecule has 1 aromatic heterocycles. The number of ether oxygens (including phenoxy) is 1. The fourth-order valence-corrected chi connectivity index (χ4v) is 4.22. The Hall–Kier alpha value is -2.70. The van der Waals surface area contributed by atoms with Crippen LogP contribution >= 0.6 is 0 Å². The van der Waals surface area contributed by atoms with Gasteiger partial charge in [0.1, 0.15) is 5.82 Å². The molecule has 7 heteroatoms. The normalized spacial score (nSPS) is 18.1. The van der Waals surface area contributed by atoms with Gasteiger partial charge in [-0.1, -0.05) is 19.3 Å². The van der Waals surface area contributed by atoms with Crippen LogP contribution in [-0.2, 0) is 22.5 Å². The summed E-state index contributed by atoms with van der Waals surface area (Å²) in [6, 6.07) is 4.96. The lowest BCUT2D eigenvalue weighted by molar-refractivity contribution is -0.129. The molecule has 0 radical (unpaired) electrons. The summed E-state index contributed by atoms with van der Waals surface area (Å²) in [6.45, 7) is 2.27. The maximum Gasteiger partial charge on any atom is 0.338 e. The van der Waals surface area contributed by atoms with Gasteiger partial charge in [-0.25, -0.2) is 9.78 Å². The molecular formula is C22H27N3O4. The van der Waals surface area contributed by atoms with Crippen LogP contribution in [0.2, 0.25) is 0 Å². The van der Waals surface area contributed by atoms with Crippen LogP contribution in [0.1, 0.15) is 68.1 Å². The van der Waals surface area contributed by atoms with Gasteiger partial charge in [-0.2, -0.15) is 0 Å². The Bertz CT molecular complexity index is 991. The SMILES string of the molecule is CC(OC(=O)c1ccc2c(=O)n3c(nc2c1)CCCCC3)C(=O)NC1CCCC1. The maximum atomic E-state index is 12.8. The zero-order valence-corrected chi connectivity index (χ0v) is 16.8. The van der Waals surface area contributed by atoms with Gasteiger partial charge in [0.15, 0.2) is 6.10 Å². The molecule has 2 aliphatic rings. The van der Waals surface area contributed by atoms with E-state index in [0.29, 0.717) is 23.0 Å². The predicted octanol–water partition coefficient (Wildman–Crippen LogP) is 2.73. The van der Waals surface area contributed by atoms with E-state index in [1.54, 1.807) is 29.7 Å². The van der Waals surface area contributed by atoms with Gasteiger partial charge >= 0.3 is 5.97 Å². The van der Waals surface area contributed by atoms with Gasteiger partial charge in [0.2, 0.25) is 0 Å². The first-order valence-electron chi connectivity index (χ1n) is 10.6. The van der Waals surface area contributed by atoms with E-state index in [4.69, 9.17) is 4.74 Å². The minimum Gasteiger partial charge on any atom is -0.449 e. The Balaban J connectivity index is 1.51. The summed E-state index contributed by atoms with van der Waals surface area (Å²) in [5.41, 5.74) is 0.736. The van der Waals surface area contributed by atoms with Gasteiger partial charge in [-0.15, -0.1) is 0 Å². The minimum atomic E-state index is -0.871. The fraction of sp³-hybridized carbons (Fsp3) is 0.545. The zero-order chi connectivity index (χ0) is 20.4. The lowest BCUT2D eigenvalue weighted by atomic mass is 10.1. The molecule has 2 heterocycles. The zero-order valence-electron chi connectivity index (χ0n) is 16.8. The van der Waals surface area contributed by atoms with Crippen molar-refractivity contribution in [3.8, 4) is 0 Å². The third kappa shape index (κ3) is 4.18. The molecule has 4 rings (SSSR count). The highest BCUT2D eigenvalue weighted by molar-refractivity contribution is 5.95. The number of aromatic nitrogens is 2. The van der Waals surface area contributed by atoms with E-state index in [2.05, 4.69) is 10.3 Å². The van der Waals surface area contributed by atoms with Crippen LogP contribution in [0.4, 0.5) is 0 Å². The number of hydrogen-bond donors (Lipinski definition) is 1. The number of nitrogens with one attached hydrogen (secondary N) is 1. The average Bonchev–Trinajstić information content (AvgIpc) is 3.10. The lowest BCUT2D eigenvalue weighted by Crippen LogP contribution is -2.40. The molecule has 1 atom stereocenters. The van der Waals surface area contributed by atoms with E-state index < -0.39 is 12.1 Å². The fourth-order valence-electron chi connectivity index (χ4n) is 4.22. The number of rotatable bonds is 4. The summed E-state index contributed by atoms with van der Waals surface area (Å²) in [7, 11) is 0. The summed E-state index contributed by atoms with van der Waals surface area (Å²) in [5.74, 6) is -0.0830. The molecule has 0 spiro atoms. The Morgan fingerprint density at radius 3 is 2.76 bits per heavy atom. The summed E-state index contributed by atoms with van der Waals surface area (Å²) in [4.78, 5) is 42.3. The lowest BCUT2D eigenvalue weighted by Gasteiger charge is -2.17. The molecule has 7 nitrogen and oxygen atoms in total. The van der Waals surface area contributed by atoms with Crippen LogP contribution in [0.25, 0.3) is 10.9 Å². The summed E-state index contributed by atoms with van der Waals surface area (Å²) in [6.07, 6.45) is 7.14. The van der Waals surface area contributed by atoms with Crippen LogP contribution in [0.15, 0.2) is 23.0 Å². The van der Waals surface area contributed by atoms with Crippen molar-refractivity contribution in [2.75, 3.05) is 0 Å². The van der Waals surface area contributed by atoms with Crippen LogP contribution in [-0.4, -0.2) is 33.6 Å². The molecule has 2 aromatic rings. The second-order valence-electron chi connectivity index (χ2n) is 8.06. The number of fused-ring (bicyclic) bond motifs is 2. The van der Waals surface area contributed by atoms with Gasteiger partial charge in [-0.3, -0.25) is 14.2 Å².